The molecule has 2 aromatic rings. The van der Waals surface area contributed by atoms with Crippen molar-refractivity contribution in [2.75, 3.05) is 11.9 Å². The SMILES string of the molecule is O=C(COC(=O)c1cccc(OC(F)F)c1)Nc1ccc(F)c([N+](=O)[O-])c1. The molecule has 0 saturated heterocycles. The van der Waals surface area contributed by atoms with Gasteiger partial charge in [0, 0.05) is 11.8 Å². The summed E-state index contributed by atoms with van der Waals surface area (Å²) >= 11 is 0. The Morgan fingerprint density at radius 1 is 1.19 bits per heavy atom. The van der Waals surface area contributed by atoms with E-state index < -0.39 is 41.5 Å². The molecule has 0 spiro atoms. The van der Waals surface area contributed by atoms with Crippen molar-refractivity contribution < 1.29 is 37.2 Å². The number of halogens is 3. The zero-order chi connectivity index (χ0) is 20.0. The molecule has 0 aliphatic heterocycles. The van der Waals surface area contributed by atoms with Crippen molar-refractivity contribution in [3.8, 4) is 5.75 Å². The van der Waals surface area contributed by atoms with Crippen molar-refractivity contribution in [2.45, 2.75) is 6.61 Å². The predicted molar refractivity (Wildman–Crippen MR) is 85.0 cm³/mol. The Bertz CT molecular complexity index is 875. The first-order chi connectivity index (χ1) is 12.8. The third-order valence-corrected chi connectivity index (χ3v) is 3.06. The van der Waals surface area contributed by atoms with Gasteiger partial charge >= 0.3 is 18.3 Å². The molecule has 0 aromatic heterocycles. The highest BCUT2D eigenvalue weighted by molar-refractivity contribution is 5.95. The van der Waals surface area contributed by atoms with Gasteiger partial charge in [0.25, 0.3) is 5.91 Å². The minimum absolute atomic E-state index is 0.0727. The smallest absolute Gasteiger partial charge is 0.387 e. The molecule has 2 aromatic carbocycles. The van der Waals surface area contributed by atoms with E-state index in [1.165, 1.54) is 18.2 Å². The number of amides is 1. The van der Waals surface area contributed by atoms with E-state index in [0.29, 0.717) is 0 Å². The number of nitro groups is 1. The van der Waals surface area contributed by atoms with E-state index in [1.807, 2.05) is 0 Å². The number of esters is 1. The minimum atomic E-state index is -3.07. The molecule has 1 N–H and O–H groups in total. The Kier molecular flexibility index (Phi) is 6.31. The van der Waals surface area contributed by atoms with E-state index in [-0.39, 0.29) is 17.0 Å². The van der Waals surface area contributed by atoms with E-state index in [1.54, 1.807) is 0 Å². The summed E-state index contributed by atoms with van der Waals surface area (Å²) in [4.78, 5) is 33.3. The van der Waals surface area contributed by atoms with Crippen LogP contribution in [0.1, 0.15) is 10.4 Å². The topological polar surface area (TPSA) is 108 Å². The highest BCUT2D eigenvalue weighted by Gasteiger charge is 2.16. The van der Waals surface area contributed by atoms with Crippen molar-refractivity contribution in [1.82, 2.24) is 0 Å². The Morgan fingerprint density at radius 2 is 1.93 bits per heavy atom. The molecule has 1 amide bonds. The third kappa shape index (κ3) is 5.70. The van der Waals surface area contributed by atoms with Crippen LogP contribution < -0.4 is 10.1 Å². The lowest BCUT2D eigenvalue weighted by Crippen LogP contribution is -2.21. The number of nitro benzene ring substituents is 1. The van der Waals surface area contributed by atoms with Gasteiger partial charge in [-0.05, 0) is 30.3 Å². The number of hydrogen-bond acceptors (Lipinski definition) is 6. The predicted octanol–water partition coefficient (Wildman–Crippen LogP) is 3.13. The molecule has 0 unspecified atom stereocenters. The first-order valence-corrected chi connectivity index (χ1v) is 7.22. The van der Waals surface area contributed by atoms with Crippen molar-refractivity contribution in [1.29, 1.82) is 0 Å². The van der Waals surface area contributed by atoms with Crippen LogP contribution in [0.5, 0.6) is 5.75 Å². The van der Waals surface area contributed by atoms with Crippen LogP contribution >= 0.6 is 0 Å². The Hall–Kier alpha value is -3.63. The molecule has 0 saturated carbocycles. The number of alkyl halides is 2. The van der Waals surface area contributed by atoms with Crippen molar-refractivity contribution in [3.05, 3.63) is 64.0 Å². The highest BCUT2D eigenvalue weighted by atomic mass is 19.3. The lowest BCUT2D eigenvalue weighted by Gasteiger charge is -2.08. The van der Waals surface area contributed by atoms with Crippen molar-refractivity contribution in [2.24, 2.45) is 0 Å². The van der Waals surface area contributed by atoms with Gasteiger partial charge in [-0.25, -0.2) is 4.79 Å². The Morgan fingerprint density at radius 3 is 2.59 bits per heavy atom. The van der Waals surface area contributed by atoms with Crippen molar-refractivity contribution >= 4 is 23.3 Å². The molecule has 142 valence electrons. The van der Waals surface area contributed by atoms with Crippen LogP contribution in [-0.2, 0) is 9.53 Å². The second-order valence-corrected chi connectivity index (χ2v) is 4.95. The van der Waals surface area contributed by atoms with E-state index in [0.717, 1.165) is 24.3 Å². The number of nitrogens with zero attached hydrogens (tertiary/aromatic N) is 1. The van der Waals surface area contributed by atoms with Crippen LogP contribution in [0.3, 0.4) is 0 Å². The standard InChI is InChI=1S/C16H11F3N2O6/c17-12-5-4-10(7-13(12)21(24)25)20-14(22)8-26-15(23)9-2-1-3-11(6-9)27-16(18)19/h1-7,16H,8H2,(H,20,22). The van der Waals surface area contributed by atoms with Gasteiger partial charge in [0.05, 0.1) is 10.5 Å². The average molecular weight is 384 g/mol. The van der Waals surface area contributed by atoms with Gasteiger partial charge in [-0.2, -0.15) is 13.2 Å². The molecular formula is C16H11F3N2O6. The molecule has 0 bridgehead atoms. The van der Waals surface area contributed by atoms with Crippen LogP contribution in [0, 0.1) is 15.9 Å². The number of anilines is 1. The number of carbonyl (C=O) groups excluding carboxylic acids is 2. The van der Waals surface area contributed by atoms with E-state index in [4.69, 9.17) is 4.74 Å². The number of nitrogens with one attached hydrogen (secondary N) is 1. The number of benzene rings is 2. The Balaban J connectivity index is 1.95. The first kappa shape index (κ1) is 19.7. The molecule has 11 heteroatoms. The molecule has 0 radical (unpaired) electrons. The van der Waals surface area contributed by atoms with E-state index in [2.05, 4.69) is 10.1 Å². The number of hydrogen-bond donors (Lipinski definition) is 1. The maximum absolute atomic E-state index is 13.2. The van der Waals surface area contributed by atoms with Crippen LogP contribution in [0.25, 0.3) is 0 Å². The molecule has 0 aliphatic carbocycles. The summed E-state index contributed by atoms with van der Waals surface area (Å²) in [6.07, 6.45) is 0. The summed E-state index contributed by atoms with van der Waals surface area (Å²) in [6, 6.07) is 7.46. The molecule has 8 nitrogen and oxygen atoms in total. The average Bonchev–Trinajstić information content (AvgIpc) is 2.60. The molecular weight excluding hydrogens is 373 g/mol. The van der Waals surface area contributed by atoms with Crippen LogP contribution in [0.15, 0.2) is 42.5 Å². The molecule has 0 fully saturated rings. The lowest BCUT2D eigenvalue weighted by molar-refractivity contribution is -0.387. The molecule has 2 rings (SSSR count). The number of rotatable bonds is 7. The fourth-order valence-corrected chi connectivity index (χ4v) is 1.94. The minimum Gasteiger partial charge on any atom is -0.452 e. The van der Waals surface area contributed by atoms with E-state index >= 15 is 0 Å². The lowest BCUT2D eigenvalue weighted by atomic mass is 10.2. The first-order valence-electron chi connectivity index (χ1n) is 7.22. The van der Waals surface area contributed by atoms with Crippen LogP contribution in [0.4, 0.5) is 24.5 Å². The maximum Gasteiger partial charge on any atom is 0.387 e. The van der Waals surface area contributed by atoms with Crippen LogP contribution in [-0.4, -0.2) is 30.0 Å². The van der Waals surface area contributed by atoms with E-state index in [9.17, 15) is 32.9 Å². The summed E-state index contributed by atoms with van der Waals surface area (Å²) in [5, 5.41) is 12.8. The zero-order valence-corrected chi connectivity index (χ0v) is 13.4. The summed E-state index contributed by atoms with van der Waals surface area (Å²) in [6.45, 7) is -3.83. The summed E-state index contributed by atoms with van der Waals surface area (Å²) in [7, 11) is 0. The molecule has 0 aliphatic rings. The second-order valence-electron chi connectivity index (χ2n) is 4.95. The third-order valence-electron chi connectivity index (χ3n) is 3.06. The van der Waals surface area contributed by atoms with Gasteiger partial charge in [0.15, 0.2) is 6.61 Å². The monoisotopic (exact) mass is 384 g/mol. The highest BCUT2D eigenvalue weighted by Crippen LogP contribution is 2.21. The maximum atomic E-state index is 13.2. The number of carbonyl (C=O) groups is 2. The summed E-state index contributed by atoms with van der Waals surface area (Å²) < 4.78 is 46.4. The van der Waals surface area contributed by atoms with Gasteiger partial charge in [-0.1, -0.05) is 6.07 Å². The largest absolute Gasteiger partial charge is 0.452 e. The van der Waals surface area contributed by atoms with Gasteiger partial charge < -0.3 is 14.8 Å². The quantitative estimate of drug-likeness (QED) is 0.446. The molecule has 27 heavy (non-hydrogen) atoms. The fourth-order valence-electron chi connectivity index (χ4n) is 1.94. The van der Waals surface area contributed by atoms with Gasteiger partial charge in [0.1, 0.15) is 5.75 Å². The van der Waals surface area contributed by atoms with Gasteiger partial charge in [-0.3, -0.25) is 14.9 Å². The van der Waals surface area contributed by atoms with Crippen LogP contribution in [0.2, 0.25) is 0 Å². The zero-order valence-electron chi connectivity index (χ0n) is 13.4. The summed E-state index contributed by atoms with van der Waals surface area (Å²) in [5.74, 6) is -3.16. The van der Waals surface area contributed by atoms with Gasteiger partial charge in [0.2, 0.25) is 5.82 Å². The Labute approximate surface area is 149 Å². The second kappa shape index (κ2) is 8.65. The molecule has 0 atom stereocenters. The normalized spacial score (nSPS) is 10.4. The molecule has 0 heterocycles. The fraction of sp³-hybridized carbons (Fsp3) is 0.125. The van der Waals surface area contributed by atoms with Gasteiger partial charge in [-0.15, -0.1) is 0 Å². The van der Waals surface area contributed by atoms with Crippen molar-refractivity contribution in [3.63, 3.8) is 0 Å². The summed E-state index contributed by atoms with van der Waals surface area (Å²) in [5.41, 5.74) is -1.03. The number of ether oxygens (including phenoxy) is 2.